The van der Waals surface area contributed by atoms with Crippen LogP contribution in [-0.2, 0) is 10.0 Å². The number of nitrogens with two attached hydrogens (primary N) is 1. The Morgan fingerprint density at radius 1 is 1.28 bits per heavy atom. The molecule has 0 radical (unpaired) electrons. The van der Waals surface area contributed by atoms with Gasteiger partial charge >= 0.3 is 0 Å². The van der Waals surface area contributed by atoms with E-state index in [1.54, 1.807) is 6.92 Å². The van der Waals surface area contributed by atoms with Gasteiger partial charge in [0.25, 0.3) is 0 Å². The highest BCUT2D eigenvalue weighted by Crippen LogP contribution is 2.15. The average Bonchev–Trinajstić information content (AvgIpc) is 2.28. The molecule has 0 aliphatic rings. The SMILES string of the molecule is Cc1cc(F)ccc1S(=O)(=O)NCCCCCN. The zero-order chi connectivity index (χ0) is 13.6. The van der Waals surface area contributed by atoms with Gasteiger partial charge in [0.1, 0.15) is 5.82 Å². The molecule has 6 heteroatoms. The molecule has 102 valence electrons. The van der Waals surface area contributed by atoms with Gasteiger partial charge in [-0.05, 0) is 50.1 Å². The maximum absolute atomic E-state index is 12.9. The molecule has 0 saturated carbocycles. The van der Waals surface area contributed by atoms with Crippen LogP contribution in [0.25, 0.3) is 0 Å². The van der Waals surface area contributed by atoms with Gasteiger partial charge in [-0.3, -0.25) is 0 Å². The summed E-state index contributed by atoms with van der Waals surface area (Å²) < 4.78 is 39.3. The van der Waals surface area contributed by atoms with Crippen molar-refractivity contribution in [3.8, 4) is 0 Å². The Bertz CT molecular complexity index is 489. The highest BCUT2D eigenvalue weighted by molar-refractivity contribution is 7.89. The van der Waals surface area contributed by atoms with Crippen molar-refractivity contribution in [2.75, 3.05) is 13.1 Å². The first kappa shape index (κ1) is 15.1. The number of nitrogens with one attached hydrogen (secondary N) is 1. The Kier molecular flexibility index (Phi) is 5.71. The van der Waals surface area contributed by atoms with Crippen LogP contribution in [0.1, 0.15) is 24.8 Å². The van der Waals surface area contributed by atoms with Gasteiger partial charge in [0, 0.05) is 6.54 Å². The molecule has 0 aliphatic heterocycles. The monoisotopic (exact) mass is 274 g/mol. The summed E-state index contributed by atoms with van der Waals surface area (Å²) in [5, 5.41) is 0. The van der Waals surface area contributed by atoms with E-state index in [4.69, 9.17) is 5.73 Å². The van der Waals surface area contributed by atoms with E-state index < -0.39 is 15.8 Å². The molecule has 0 heterocycles. The van der Waals surface area contributed by atoms with E-state index >= 15 is 0 Å². The summed E-state index contributed by atoms with van der Waals surface area (Å²) in [4.78, 5) is 0.128. The lowest BCUT2D eigenvalue weighted by molar-refractivity contribution is 0.573. The third kappa shape index (κ3) is 4.36. The molecule has 0 spiro atoms. The number of hydrogen-bond acceptors (Lipinski definition) is 3. The highest BCUT2D eigenvalue weighted by atomic mass is 32.2. The number of halogens is 1. The summed E-state index contributed by atoms with van der Waals surface area (Å²) in [5.74, 6) is -0.436. The van der Waals surface area contributed by atoms with Gasteiger partial charge in [-0.25, -0.2) is 17.5 Å². The summed E-state index contributed by atoms with van der Waals surface area (Å²) in [6.45, 7) is 2.56. The largest absolute Gasteiger partial charge is 0.330 e. The minimum atomic E-state index is -3.54. The van der Waals surface area contributed by atoms with Gasteiger partial charge in [0.2, 0.25) is 10.0 Å². The van der Waals surface area contributed by atoms with Gasteiger partial charge in [-0.1, -0.05) is 6.42 Å². The minimum Gasteiger partial charge on any atom is -0.330 e. The van der Waals surface area contributed by atoms with Crippen LogP contribution in [0, 0.1) is 12.7 Å². The lowest BCUT2D eigenvalue weighted by Gasteiger charge is -2.09. The van der Waals surface area contributed by atoms with E-state index in [0.29, 0.717) is 18.7 Å². The third-order valence-electron chi connectivity index (χ3n) is 2.60. The van der Waals surface area contributed by atoms with Crippen LogP contribution in [0.5, 0.6) is 0 Å². The van der Waals surface area contributed by atoms with Crippen molar-refractivity contribution < 1.29 is 12.8 Å². The third-order valence-corrected chi connectivity index (χ3v) is 4.22. The van der Waals surface area contributed by atoms with Gasteiger partial charge in [0.05, 0.1) is 4.90 Å². The summed E-state index contributed by atoms with van der Waals surface area (Å²) >= 11 is 0. The second-order valence-electron chi connectivity index (χ2n) is 4.16. The molecule has 1 aromatic carbocycles. The maximum Gasteiger partial charge on any atom is 0.240 e. The predicted molar refractivity (Wildman–Crippen MR) is 69.2 cm³/mol. The molecule has 4 nitrogen and oxygen atoms in total. The lowest BCUT2D eigenvalue weighted by Crippen LogP contribution is -2.25. The Morgan fingerprint density at radius 2 is 2.00 bits per heavy atom. The van der Waals surface area contributed by atoms with Crippen LogP contribution in [0.4, 0.5) is 4.39 Å². The fourth-order valence-electron chi connectivity index (χ4n) is 1.64. The molecule has 3 N–H and O–H groups in total. The fourth-order valence-corrected chi connectivity index (χ4v) is 2.94. The summed E-state index contributed by atoms with van der Waals surface area (Å²) in [6, 6.07) is 3.64. The van der Waals surface area contributed by atoms with E-state index in [1.807, 2.05) is 0 Å². The van der Waals surface area contributed by atoms with Crippen molar-refractivity contribution in [2.45, 2.75) is 31.1 Å². The van der Waals surface area contributed by atoms with E-state index in [-0.39, 0.29) is 4.90 Å². The topological polar surface area (TPSA) is 72.2 Å². The highest BCUT2D eigenvalue weighted by Gasteiger charge is 2.16. The van der Waals surface area contributed by atoms with Crippen molar-refractivity contribution in [3.05, 3.63) is 29.6 Å². The van der Waals surface area contributed by atoms with Crippen molar-refractivity contribution in [3.63, 3.8) is 0 Å². The molecule has 18 heavy (non-hydrogen) atoms. The molecule has 0 amide bonds. The number of hydrogen-bond donors (Lipinski definition) is 2. The fraction of sp³-hybridized carbons (Fsp3) is 0.500. The molecule has 0 saturated heterocycles. The molecular formula is C12H19FN2O2S. The van der Waals surface area contributed by atoms with Crippen LogP contribution in [0.2, 0.25) is 0 Å². The molecule has 1 rings (SSSR count). The van der Waals surface area contributed by atoms with Gasteiger partial charge in [-0.2, -0.15) is 0 Å². The Morgan fingerprint density at radius 3 is 2.61 bits per heavy atom. The van der Waals surface area contributed by atoms with E-state index in [2.05, 4.69) is 4.72 Å². The van der Waals surface area contributed by atoms with E-state index in [1.165, 1.54) is 12.1 Å². The maximum atomic E-state index is 12.9. The first-order chi connectivity index (χ1) is 8.47. The molecule has 0 fully saturated rings. The quantitative estimate of drug-likeness (QED) is 0.741. The second-order valence-corrected chi connectivity index (χ2v) is 5.89. The smallest absolute Gasteiger partial charge is 0.240 e. The van der Waals surface area contributed by atoms with Crippen LogP contribution >= 0.6 is 0 Å². The zero-order valence-corrected chi connectivity index (χ0v) is 11.3. The van der Waals surface area contributed by atoms with Crippen LogP contribution in [-0.4, -0.2) is 21.5 Å². The van der Waals surface area contributed by atoms with Crippen LogP contribution in [0.3, 0.4) is 0 Å². The molecule has 0 atom stereocenters. The van der Waals surface area contributed by atoms with Crippen molar-refractivity contribution in [1.82, 2.24) is 4.72 Å². The molecule has 0 aromatic heterocycles. The minimum absolute atomic E-state index is 0.128. The van der Waals surface area contributed by atoms with Crippen LogP contribution < -0.4 is 10.5 Å². The van der Waals surface area contributed by atoms with Gasteiger partial charge in [-0.15, -0.1) is 0 Å². The first-order valence-corrected chi connectivity index (χ1v) is 7.41. The molecule has 1 aromatic rings. The van der Waals surface area contributed by atoms with E-state index in [0.717, 1.165) is 25.3 Å². The number of aryl methyl sites for hydroxylation is 1. The first-order valence-electron chi connectivity index (χ1n) is 5.93. The summed E-state index contributed by atoms with van der Waals surface area (Å²) in [5.41, 5.74) is 5.75. The van der Waals surface area contributed by atoms with E-state index in [9.17, 15) is 12.8 Å². The predicted octanol–water partition coefficient (Wildman–Crippen LogP) is 1.54. The van der Waals surface area contributed by atoms with Crippen LogP contribution in [0.15, 0.2) is 23.1 Å². The van der Waals surface area contributed by atoms with Crippen molar-refractivity contribution in [1.29, 1.82) is 0 Å². The molecule has 0 unspecified atom stereocenters. The molecule has 0 bridgehead atoms. The second kappa shape index (κ2) is 6.82. The summed E-state index contributed by atoms with van der Waals surface area (Å²) in [7, 11) is -3.54. The summed E-state index contributed by atoms with van der Waals surface area (Å²) in [6.07, 6.45) is 2.52. The van der Waals surface area contributed by atoms with Gasteiger partial charge in [0.15, 0.2) is 0 Å². The standard InChI is InChI=1S/C12H19FN2O2S/c1-10-9-11(13)5-6-12(10)18(16,17)15-8-4-2-3-7-14/h5-6,9,15H,2-4,7-8,14H2,1H3. The Hall–Kier alpha value is -0.980. The average molecular weight is 274 g/mol. The Labute approximate surface area is 107 Å². The number of rotatable bonds is 7. The van der Waals surface area contributed by atoms with Crippen molar-refractivity contribution in [2.24, 2.45) is 5.73 Å². The molecule has 0 aliphatic carbocycles. The molecular weight excluding hydrogens is 255 g/mol. The van der Waals surface area contributed by atoms with Gasteiger partial charge < -0.3 is 5.73 Å². The lowest BCUT2D eigenvalue weighted by atomic mass is 10.2. The van der Waals surface area contributed by atoms with Crippen molar-refractivity contribution >= 4 is 10.0 Å². The Balaban J connectivity index is 2.63. The number of sulfonamides is 1. The zero-order valence-electron chi connectivity index (χ0n) is 10.4. The number of unbranched alkanes of at least 4 members (excludes halogenated alkanes) is 2. The normalized spacial score (nSPS) is 11.7. The number of benzene rings is 1.